The number of halogens is 2. The minimum Gasteiger partial charge on any atom is -0.324 e. The first kappa shape index (κ1) is 16.8. The van der Waals surface area contributed by atoms with Crippen LogP contribution >= 0.6 is 23.2 Å². The smallest absolute Gasteiger partial charge is 0.259 e. The predicted molar refractivity (Wildman–Crippen MR) is 95.5 cm³/mol. The SMILES string of the molecule is O=C1CCCN1CN(C(=O)c1cccc(Cl)c1)c1cccc(Cl)c1. The first-order valence-electron chi connectivity index (χ1n) is 7.65. The van der Waals surface area contributed by atoms with Gasteiger partial charge in [0.1, 0.15) is 6.67 Å². The second-order valence-electron chi connectivity index (χ2n) is 5.63. The van der Waals surface area contributed by atoms with Crippen LogP contribution < -0.4 is 4.90 Å². The topological polar surface area (TPSA) is 40.6 Å². The van der Waals surface area contributed by atoms with E-state index in [1.165, 1.54) is 0 Å². The average Bonchev–Trinajstić information content (AvgIpc) is 2.97. The standard InChI is InChI=1S/C18H16Cl2N2O2/c19-14-5-1-4-13(10-14)18(24)22(12-21-9-3-8-17(21)23)16-7-2-6-15(20)11-16/h1-2,4-7,10-11H,3,8-9,12H2. The molecule has 2 aromatic carbocycles. The van der Waals surface area contributed by atoms with Crippen molar-refractivity contribution >= 4 is 40.7 Å². The van der Waals surface area contributed by atoms with Crippen LogP contribution in [0.25, 0.3) is 0 Å². The highest BCUT2D eigenvalue weighted by Crippen LogP contribution is 2.24. The van der Waals surface area contributed by atoms with Gasteiger partial charge in [0.25, 0.3) is 5.91 Å². The number of amides is 2. The number of benzene rings is 2. The van der Waals surface area contributed by atoms with E-state index < -0.39 is 0 Å². The van der Waals surface area contributed by atoms with Gasteiger partial charge in [0.15, 0.2) is 0 Å². The molecule has 0 N–H and O–H groups in total. The number of hydrogen-bond acceptors (Lipinski definition) is 2. The van der Waals surface area contributed by atoms with Crippen molar-refractivity contribution in [1.82, 2.24) is 4.90 Å². The van der Waals surface area contributed by atoms with Gasteiger partial charge in [-0.3, -0.25) is 14.5 Å². The first-order valence-corrected chi connectivity index (χ1v) is 8.41. The predicted octanol–water partition coefficient (Wildman–Crippen LogP) is 4.22. The summed E-state index contributed by atoms with van der Waals surface area (Å²) in [4.78, 5) is 28.2. The molecule has 1 aliphatic heterocycles. The minimum atomic E-state index is -0.223. The Labute approximate surface area is 150 Å². The van der Waals surface area contributed by atoms with Crippen LogP contribution in [-0.2, 0) is 4.79 Å². The molecule has 4 nitrogen and oxygen atoms in total. The van der Waals surface area contributed by atoms with Gasteiger partial charge in [-0.15, -0.1) is 0 Å². The van der Waals surface area contributed by atoms with Gasteiger partial charge < -0.3 is 4.90 Å². The van der Waals surface area contributed by atoms with Gasteiger partial charge in [-0.2, -0.15) is 0 Å². The number of hydrogen-bond donors (Lipinski definition) is 0. The fourth-order valence-corrected chi connectivity index (χ4v) is 3.08. The molecule has 0 atom stereocenters. The van der Waals surface area contributed by atoms with Crippen molar-refractivity contribution in [3.05, 3.63) is 64.1 Å². The molecule has 124 valence electrons. The van der Waals surface area contributed by atoms with Crippen molar-refractivity contribution < 1.29 is 9.59 Å². The lowest BCUT2D eigenvalue weighted by molar-refractivity contribution is -0.127. The Bertz CT molecular complexity index is 779. The van der Waals surface area contributed by atoms with Crippen molar-refractivity contribution in [3.63, 3.8) is 0 Å². The number of anilines is 1. The van der Waals surface area contributed by atoms with Crippen molar-refractivity contribution in [3.8, 4) is 0 Å². The van der Waals surface area contributed by atoms with Crippen molar-refractivity contribution in [2.24, 2.45) is 0 Å². The van der Waals surface area contributed by atoms with Gasteiger partial charge in [0.05, 0.1) is 0 Å². The second kappa shape index (κ2) is 7.24. The summed E-state index contributed by atoms with van der Waals surface area (Å²) in [5.74, 6) is -0.166. The lowest BCUT2D eigenvalue weighted by Crippen LogP contribution is -2.42. The van der Waals surface area contributed by atoms with Crippen LogP contribution in [0, 0.1) is 0 Å². The maximum absolute atomic E-state index is 13.0. The monoisotopic (exact) mass is 362 g/mol. The van der Waals surface area contributed by atoms with Crippen LogP contribution in [0.3, 0.4) is 0 Å². The van der Waals surface area contributed by atoms with Crippen molar-refractivity contribution in [2.45, 2.75) is 12.8 Å². The van der Waals surface area contributed by atoms with E-state index in [0.717, 1.165) is 6.42 Å². The second-order valence-corrected chi connectivity index (χ2v) is 6.50. The Morgan fingerprint density at radius 1 is 1.08 bits per heavy atom. The molecule has 24 heavy (non-hydrogen) atoms. The molecule has 1 fully saturated rings. The molecule has 0 aliphatic carbocycles. The summed E-state index contributed by atoms with van der Waals surface area (Å²) in [6.45, 7) is 0.850. The third-order valence-electron chi connectivity index (χ3n) is 3.92. The highest BCUT2D eigenvalue weighted by Gasteiger charge is 2.26. The molecule has 2 amide bonds. The van der Waals surface area contributed by atoms with Crippen molar-refractivity contribution in [1.29, 1.82) is 0 Å². The third kappa shape index (κ3) is 3.71. The average molecular weight is 363 g/mol. The zero-order chi connectivity index (χ0) is 17.1. The zero-order valence-corrected chi connectivity index (χ0v) is 14.4. The van der Waals surface area contributed by atoms with E-state index in [4.69, 9.17) is 23.2 Å². The fourth-order valence-electron chi connectivity index (χ4n) is 2.71. The third-order valence-corrected chi connectivity index (χ3v) is 4.39. The molecular formula is C18H16Cl2N2O2. The highest BCUT2D eigenvalue weighted by molar-refractivity contribution is 6.31. The van der Waals surface area contributed by atoms with E-state index in [9.17, 15) is 9.59 Å². The van der Waals surface area contributed by atoms with Crippen LogP contribution in [0.4, 0.5) is 5.69 Å². The Hall–Kier alpha value is -2.04. The van der Waals surface area contributed by atoms with Crippen LogP contribution in [0.2, 0.25) is 10.0 Å². The summed E-state index contributed by atoms with van der Waals surface area (Å²) in [5, 5.41) is 1.02. The van der Waals surface area contributed by atoms with E-state index in [1.54, 1.807) is 58.3 Å². The molecule has 0 spiro atoms. The lowest BCUT2D eigenvalue weighted by Gasteiger charge is -2.28. The van der Waals surface area contributed by atoms with E-state index in [0.29, 0.717) is 34.3 Å². The molecule has 3 rings (SSSR count). The van der Waals surface area contributed by atoms with Gasteiger partial charge in [0, 0.05) is 34.3 Å². The molecular weight excluding hydrogens is 347 g/mol. The van der Waals surface area contributed by atoms with Crippen LogP contribution in [0.5, 0.6) is 0 Å². The van der Waals surface area contributed by atoms with Gasteiger partial charge in [-0.25, -0.2) is 0 Å². The molecule has 0 saturated carbocycles. The van der Waals surface area contributed by atoms with E-state index in [-0.39, 0.29) is 18.5 Å². The molecule has 1 saturated heterocycles. The Balaban J connectivity index is 1.94. The molecule has 6 heteroatoms. The van der Waals surface area contributed by atoms with Gasteiger partial charge in [-0.1, -0.05) is 35.3 Å². The summed E-state index contributed by atoms with van der Waals surface area (Å²) >= 11 is 12.1. The number of carbonyl (C=O) groups is 2. The molecule has 0 aromatic heterocycles. The highest BCUT2D eigenvalue weighted by atomic mass is 35.5. The summed E-state index contributed by atoms with van der Waals surface area (Å²) in [6.07, 6.45) is 1.34. The largest absolute Gasteiger partial charge is 0.324 e. The quantitative estimate of drug-likeness (QED) is 0.816. The summed E-state index contributed by atoms with van der Waals surface area (Å²) < 4.78 is 0. The van der Waals surface area contributed by atoms with Crippen LogP contribution in [0.1, 0.15) is 23.2 Å². The normalized spacial score (nSPS) is 14.1. The van der Waals surface area contributed by atoms with Crippen molar-refractivity contribution in [2.75, 3.05) is 18.1 Å². The van der Waals surface area contributed by atoms with E-state index in [1.807, 2.05) is 0 Å². The number of nitrogens with zero attached hydrogens (tertiary/aromatic N) is 2. The Morgan fingerprint density at radius 3 is 2.42 bits per heavy atom. The Kier molecular flexibility index (Phi) is 5.07. The first-order chi connectivity index (χ1) is 11.5. The molecule has 1 heterocycles. The van der Waals surface area contributed by atoms with E-state index >= 15 is 0 Å². The lowest BCUT2D eigenvalue weighted by atomic mass is 10.2. The summed E-state index contributed by atoms with van der Waals surface area (Å²) in [6, 6.07) is 13.8. The Morgan fingerprint density at radius 2 is 1.79 bits per heavy atom. The molecule has 1 aliphatic rings. The molecule has 0 unspecified atom stereocenters. The number of carbonyl (C=O) groups excluding carboxylic acids is 2. The molecule has 0 radical (unpaired) electrons. The molecule has 0 bridgehead atoms. The summed E-state index contributed by atoms with van der Waals surface area (Å²) in [5.41, 5.74) is 1.11. The number of rotatable bonds is 4. The fraction of sp³-hybridized carbons (Fsp3) is 0.222. The van der Waals surface area contributed by atoms with E-state index in [2.05, 4.69) is 0 Å². The van der Waals surface area contributed by atoms with Gasteiger partial charge >= 0.3 is 0 Å². The molecule has 2 aromatic rings. The summed E-state index contributed by atoms with van der Waals surface area (Å²) in [7, 11) is 0. The van der Waals surface area contributed by atoms with Gasteiger partial charge in [0.2, 0.25) is 5.91 Å². The maximum Gasteiger partial charge on any atom is 0.259 e. The van der Waals surface area contributed by atoms with Gasteiger partial charge in [-0.05, 0) is 42.8 Å². The van der Waals surface area contributed by atoms with Crippen LogP contribution in [-0.4, -0.2) is 29.9 Å². The minimum absolute atomic E-state index is 0.0564. The van der Waals surface area contributed by atoms with Crippen LogP contribution in [0.15, 0.2) is 48.5 Å². The maximum atomic E-state index is 13.0. The zero-order valence-electron chi connectivity index (χ0n) is 12.9. The number of likely N-dealkylation sites (tertiary alicyclic amines) is 1.